The van der Waals surface area contributed by atoms with Crippen LogP contribution in [0.3, 0.4) is 0 Å². The maximum absolute atomic E-state index is 13.4. The molecule has 212 valence electrons. The van der Waals surface area contributed by atoms with Crippen molar-refractivity contribution in [1.29, 1.82) is 5.41 Å². The molecule has 39 heavy (non-hydrogen) atoms. The first-order valence-corrected chi connectivity index (χ1v) is 12.8. The van der Waals surface area contributed by atoms with Crippen molar-refractivity contribution in [2.24, 2.45) is 0 Å². The number of carboxylic acid groups (broad SMARTS) is 1. The first-order valence-electron chi connectivity index (χ1n) is 12.8. The van der Waals surface area contributed by atoms with Crippen molar-refractivity contribution in [3.63, 3.8) is 0 Å². The number of amidine groups is 1. The van der Waals surface area contributed by atoms with Gasteiger partial charge in [-0.2, -0.15) is 0 Å². The van der Waals surface area contributed by atoms with E-state index in [9.17, 15) is 14.4 Å². The predicted octanol–water partition coefficient (Wildman–Crippen LogP) is 4.31. The van der Waals surface area contributed by atoms with Crippen molar-refractivity contribution in [1.82, 2.24) is 10.2 Å². The number of halogens is 1. The smallest absolute Gasteiger partial charge is 0.303 e. The predicted molar refractivity (Wildman–Crippen MR) is 161 cm³/mol. The Balaban J connectivity index is 0.00000533. The van der Waals surface area contributed by atoms with Crippen molar-refractivity contribution in [3.8, 4) is 0 Å². The quantitative estimate of drug-likeness (QED) is 0.347. The number of nitrogens with zero attached hydrogens (tertiary/aromatic N) is 3. The van der Waals surface area contributed by atoms with Gasteiger partial charge in [-0.1, -0.05) is 20.8 Å². The number of hydrogen-bond acceptors (Lipinski definition) is 6. The third kappa shape index (κ3) is 7.17. The molecule has 2 aromatic rings. The second-order valence-corrected chi connectivity index (χ2v) is 11.0. The number of amides is 1. The molecule has 10 heteroatoms. The first-order chi connectivity index (χ1) is 17.7. The molecule has 0 bridgehead atoms. The molecular formula is C29H40BrN5O4. The van der Waals surface area contributed by atoms with Crippen molar-refractivity contribution < 1.29 is 19.5 Å². The molecule has 0 unspecified atom stereocenters. The fourth-order valence-corrected chi connectivity index (χ4v) is 4.75. The summed E-state index contributed by atoms with van der Waals surface area (Å²) in [5.74, 6) is -0.892. The number of rotatable bonds is 10. The van der Waals surface area contributed by atoms with E-state index in [1.165, 1.54) is 0 Å². The molecule has 2 aromatic carbocycles. The molecule has 1 aliphatic rings. The highest BCUT2D eigenvalue weighted by Crippen LogP contribution is 2.34. The highest BCUT2D eigenvalue weighted by Gasteiger charge is 2.30. The summed E-state index contributed by atoms with van der Waals surface area (Å²) in [5, 5.41) is 20.3. The summed E-state index contributed by atoms with van der Waals surface area (Å²) in [6, 6.07) is 9.32. The van der Waals surface area contributed by atoms with E-state index in [1.54, 1.807) is 24.1 Å². The molecule has 1 amide bonds. The Hall–Kier alpha value is -3.40. The summed E-state index contributed by atoms with van der Waals surface area (Å²) < 4.78 is 0. The van der Waals surface area contributed by atoms with Crippen LogP contribution in [0.25, 0.3) is 0 Å². The number of carboxylic acids is 1. The fourth-order valence-electron chi connectivity index (χ4n) is 4.75. The zero-order valence-electron chi connectivity index (χ0n) is 23.8. The Morgan fingerprint density at radius 1 is 1.08 bits per heavy atom. The van der Waals surface area contributed by atoms with Crippen molar-refractivity contribution in [3.05, 3.63) is 58.1 Å². The maximum Gasteiger partial charge on any atom is 0.303 e. The molecule has 0 saturated heterocycles. The van der Waals surface area contributed by atoms with Gasteiger partial charge in [-0.25, -0.2) is 0 Å². The summed E-state index contributed by atoms with van der Waals surface area (Å²) in [7, 11) is 7.26. The Labute approximate surface area is 241 Å². The Bertz CT molecular complexity index is 1270. The van der Waals surface area contributed by atoms with Crippen molar-refractivity contribution in [2.45, 2.75) is 45.6 Å². The summed E-state index contributed by atoms with van der Waals surface area (Å²) in [5.41, 5.74) is 5.15. The Kier molecular flexibility index (Phi) is 10.3. The van der Waals surface area contributed by atoms with E-state index in [-0.39, 0.29) is 52.9 Å². The minimum Gasteiger partial charge on any atom is -0.481 e. The summed E-state index contributed by atoms with van der Waals surface area (Å²) >= 11 is 0. The van der Waals surface area contributed by atoms with Crippen LogP contribution in [0.5, 0.6) is 0 Å². The monoisotopic (exact) mass is 601 g/mol. The van der Waals surface area contributed by atoms with Gasteiger partial charge in [0, 0.05) is 70.2 Å². The number of fused-ring (bicyclic) bond motifs is 1. The summed E-state index contributed by atoms with van der Waals surface area (Å²) in [4.78, 5) is 42.4. The van der Waals surface area contributed by atoms with Gasteiger partial charge in [-0.3, -0.25) is 19.8 Å². The number of anilines is 2. The lowest BCUT2D eigenvalue weighted by molar-refractivity contribution is -0.137. The van der Waals surface area contributed by atoms with Crippen LogP contribution in [0.15, 0.2) is 30.3 Å². The summed E-state index contributed by atoms with van der Waals surface area (Å²) in [6.07, 6.45) is 0.640. The first kappa shape index (κ1) is 31.8. The van der Waals surface area contributed by atoms with Crippen LogP contribution in [0.1, 0.15) is 71.0 Å². The number of carbonyl (C=O) groups is 3. The largest absolute Gasteiger partial charge is 0.481 e. The van der Waals surface area contributed by atoms with E-state index >= 15 is 0 Å². The van der Waals surface area contributed by atoms with Crippen LogP contribution in [0.4, 0.5) is 11.4 Å². The molecule has 0 aromatic heterocycles. The minimum atomic E-state index is -0.812. The SMILES string of the molecule is Br.CNC(=O)c1cc2c(cc1N(C)C)CN(CC(=O)c1ccc(N(C)CCCC(=O)O)c(C(C)(C)C)c1)C2=N. The maximum atomic E-state index is 13.4. The van der Waals surface area contributed by atoms with Crippen LogP contribution in [0, 0.1) is 5.41 Å². The van der Waals surface area contributed by atoms with E-state index in [4.69, 9.17) is 10.5 Å². The van der Waals surface area contributed by atoms with Gasteiger partial charge < -0.3 is 25.1 Å². The molecule has 3 rings (SSSR count). The normalized spacial score (nSPS) is 12.5. The van der Waals surface area contributed by atoms with Crippen molar-refractivity contribution >= 4 is 51.9 Å². The Morgan fingerprint density at radius 3 is 2.31 bits per heavy atom. The van der Waals surface area contributed by atoms with E-state index < -0.39 is 5.97 Å². The van der Waals surface area contributed by atoms with Crippen LogP contribution >= 0.6 is 17.0 Å². The second-order valence-electron chi connectivity index (χ2n) is 11.0. The lowest BCUT2D eigenvalue weighted by Crippen LogP contribution is -2.31. The minimum absolute atomic E-state index is 0. The van der Waals surface area contributed by atoms with Gasteiger partial charge in [-0.15, -0.1) is 17.0 Å². The zero-order chi connectivity index (χ0) is 28.4. The van der Waals surface area contributed by atoms with Crippen LogP contribution in [-0.2, 0) is 16.8 Å². The second kappa shape index (κ2) is 12.6. The Morgan fingerprint density at radius 2 is 1.74 bits per heavy atom. The average molecular weight is 603 g/mol. The molecule has 3 N–H and O–H groups in total. The lowest BCUT2D eigenvalue weighted by atomic mass is 9.84. The van der Waals surface area contributed by atoms with E-state index in [0.717, 1.165) is 22.5 Å². The van der Waals surface area contributed by atoms with E-state index in [1.807, 2.05) is 49.1 Å². The number of ketones is 1. The number of benzene rings is 2. The number of carbonyl (C=O) groups excluding carboxylic acids is 2. The molecule has 0 radical (unpaired) electrons. The highest BCUT2D eigenvalue weighted by molar-refractivity contribution is 8.93. The van der Waals surface area contributed by atoms with Gasteiger partial charge in [0.25, 0.3) is 5.91 Å². The van der Waals surface area contributed by atoms with Gasteiger partial charge in [0.15, 0.2) is 5.78 Å². The molecule has 9 nitrogen and oxygen atoms in total. The van der Waals surface area contributed by atoms with Crippen LogP contribution in [-0.4, -0.2) is 74.8 Å². The van der Waals surface area contributed by atoms with Gasteiger partial charge >= 0.3 is 5.97 Å². The van der Waals surface area contributed by atoms with Gasteiger partial charge in [0.2, 0.25) is 0 Å². The molecule has 0 atom stereocenters. The molecular weight excluding hydrogens is 562 g/mol. The number of hydrogen-bond donors (Lipinski definition) is 3. The fraction of sp³-hybridized carbons (Fsp3) is 0.448. The van der Waals surface area contributed by atoms with Crippen LogP contribution in [0.2, 0.25) is 0 Å². The molecule has 0 fully saturated rings. The lowest BCUT2D eigenvalue weighted by Gasteiger charge is -2.29. The number of Topliss-reactive ketones (excluding diaryl/α,β-unsaturated/α-hetero) is 1. The summed E-state index contributed by atoms with van der Waals surface area (Å²) in [6.45, 7) is 7.33. The molecule has 0 saturated carbocycles. The highest BCUT2D eigenvalue weighted by atomic mass is 79.9. The van der Waals surface area contributed by atoms with Gasteiger partial charge in [0.1, 0.15) is 5.84 Å². The third-order valence-corrected chi connectivity index (χ3v) is 6.86. The van der Waals surface area contributed by atoms with Gasteiger partial charge in [0.05, 0.1) is 12.1 Å². The average Bonchev–Trinajstić information content (AvgIpc) is 3.15. The number of aliphatic carboxylic acids is 1. The molecule has 1 aliphatic heterocycles. The molecule has 0 aliphatic carbocycles. The van der Waals surface area contributed by atoms with Crippen molar-refractivity contribution in [2.75, 3.05) is 51.1 Å². The van der Waals surface area contributed by atoms with Gasteiger partial charge in [-0.05, 0) is 53.3 Å². The topological polar surface area (TPSA) is 117 Å². The third-order valence-electron chi connectivity index (χ3n) is 6.86. The van der Waals surface area contributed by atoms with E-state index in [2.05, 4.69) is 26.1 Å². The number of nitrogens with one attached hydrogen (secondary N) is 2. The van der Waals surface area contributed by atoms with E-state index in [0.29, 0.717) is 36.2 Å². The molecule has 0 spiro atoms. The van der Waals surface area contributed by atoms with Crippen LogP contribution < -0.4 is 15.1 Å². The zero-order valence-corrected chi connectivity index (χ0v) is 25.6. The standard InChI is InChI=1S/C29H39N5O4.BrH/c1-29(2,3)22-13-18(10-11-23(22)33(7)12-8-9-26(36)37)25(35)17-34-16-19-14-24(32(5)6)21(28(38)31-4)15-20(19)27(34)30;/h10-11,13-15,30H,8-9,12,16-17H2,1-7H3,(H,31,38)(H,36,37);1H. The molecule has 1 heterocycles.